The third-order valence-corrected chi connectivity index (χ3v) is 10.1. The molecule has 3 aliphatic rings. The highest BCUT2D eigenvalue weighted by atomic mass is 16.6. The molecule has 20 heteroatoms. The van der Waals surface area contributed by atoms with Crippen LogP contribution in [0.1, 0.15) is 57.3 Å². The Morgan fingerprint density at radius 1 is 1.10 bits per heavy atom. The Labute approximate surface area is 347 Å². The molecule has 3 heterocycles. The number of hydrogen-bond donors (Lipinski definition) is 9. The zero-order valence-corrected chi connectivity index (χ0v) is 34.4. The molecule has 20 nitrogen and oxygen atoms in total. The van der Waals surface area contributed by atoms with E-state index >= 15 is 0 Å². The van der Waals surface area contributed by atoms with Crippen molar-refractivity contribution >= 4 is 35.3 Å². The van der Waals surface area contributed by atoms with E-state index in [1.807, 2.05) is 6.92 Å². The molecule has 330 valence electrons. The Kier molecular flexibility index (Phi) is 18.1. The number of aromatic nitrogens is 2. The molecule has 0 aromatic carbocycles. The third-order valence-electron chi connectivity index (χ3n) is 10.1. The molecule has 1 aromatic heterocycles. The number of nitrogen functional groups attached to an aromatic ring is 1. The van der Waals surface area contributed by atoms with Crippen LogP contribution in [0, 0.1) is 11.8 Å². The van der Waals surface area contributed by atoms with Crippen LogP contribution in [0.3, 0.4) is 0 Å². The molecule has 12 N–H and O–H groups in total. The second-order valence-electron chi connectivity index (χ2n) is 14.6. The van der Waals surface area contributed by atoms with Gasteiger partial charge in [-0.25, -0.2) is 9.78 Å². The number of nitrogens with two attached hydrogens (primary N) is 3. The summed E-state index contributed by atoms with van der Waals surface area (Å²) in [5, 5.41) is 45.1. The number of imidazole rings is 1. The average molecular weight is 844 g/mol. The SMILES string of the molecule is C=CCNC1=C2C[C@@H](C)C[C@H](OC)[C@H](O)[C@@H](C)/C=C(\C)[C@H](OC(N)=O)[C@@H](OC)/C=C\C=C(/C)C(=O)NC(=CC1=O)C2=O.NC(=O)c1ncn([C@@H]2O[C@H](CO)[C@@H](O)[C@H]2O)c1N. The van der Waals surface area contributed by atoms with Crippen LogP contribution in [0.5, 0.6) is 0 Å². The van der Waals surface area contributed by atoms with Gasteiger partial charge in [0.2, 0.25) is 11.6 Å². The molecule has 4 rings (SSSR count). The molecule has 0 spiro atoms. The van der Waals surface area contributed by atoms with Gasteiger partial charge in [0.1, 0.15) is 30.2 Å². The van der Waals surface area contributed by atoms with Gasteiger partial charge in [0.25, 0.3) is 11.8 Å². The van der Waals surface area contributed by atoms with Crippen molar-refractivity contribution in [2.45, 2.75) is 89.5 Å². The number of nitrogens with one attached hydrogen (secondary N) is 2. The minimum Gasteiger partial charge on any atom is -0.439 e. The lowest BCUT2D eigenvalue weighted by molar-refractivity contribution is -0.120. The first-order chi connectivity index (χ1) is 28.3. The quantitative estimate of drug-likeness (QED) is 0.114. The molecule has 1 fully saturated rings. The van der Waals surface area contributed by atoms with Gasteiger partial charge in [-0.05, 0) is 38.2 Å². The van der Waals surface area contributed by atoms with Crippen LogP contribution in [0.15, 0.2) is 77.5 Å². The molecule has 1 aliphatic carbocycles. The minimum absolute atomic E-state index is 0.0719. The summed E-state index contributed by atoms with van der Waals surface area (Å²) < 4.78 is 23.0. The van der Waals surface area contributed by atoms with E-state index in [-0.39, 0.29) is 52.9 Å². The van der Waals surface area contributed by atoms with Crippen LogP contribution in [-0.4, -0.2) is 130 Å². The van der Waals surface area contributed by atoms with Crippen LogP contribution >= 0.6 is 0 Å². The maximum atomic E-state index is 13.5. The number of Topliss-reactive ketones (excluding diaryl/α,β-unsaturated/α-hetero) is 1. The number of primary amides is 2. The average Bonchev–Trinajstić information content (AvgIpc) is 3.72. The molecule has 0 radical (unpaired) electrons. The fourth-order valence-corrected chi connectivity index (χ4v) is 6.83. The number of aliphatic hydroxyl groups excluding tert-OH is 4. The molecule has 2 bridgehead atoms. The molecular formula is C40H57N7O13. The zero-order chi connectivity index (χ0) is 45.0. The van der Waals surface area contributed by atoms with Crippen molar-refractivity contribution in [3.8, 4) is 0 Å². The molecule has 10 atom stereocenters. The summed E-state index contributed by atoms with van der Waals surface area (Å²) in [7, 11) is 2.92. The predicted octanol–water partition coefficient (Wildman–Crippen LogP) is -0.287. The number of nitrogens with zero attached hydrogens (tertiary/aromatic N) is 2. The van der Waals surface area contributed by atoms with E-state index in [0.717, 1.165) is 6.08 Å². The fourth-order valence-electron chi connectivity index (χ4n) is 6.83. The van der Waals surface area contributed by atoms with Crippen molar-refractivity contribution < 1.29 is 63.3 Å². The number of ketones is 2. The van der Waals surface area contributed by atoms with Crippen molar-refractivity contribution in [1.82, 2.24) is 20.2 Å². The summed E-state index contributed by atoms with van der Waals surface area (Å²) in [6.07, 6.45) is 2.01. The molecule has 3 amide bonds. The predicted molar refractivity (Wildman–Crippen MR) is 216 cm³/mol. The minimum atomic E-state index is -1.29. The van der Waals surface area contributed by atoms with Gasteiger partial charge in [-0.2, -0.15) is 0 Å². The van der Waals surface area contributed by atoms with Gasteiger partial charge in [0.05, 0.1) is 36.5 Å². The smallest absolute Gasteiger partial charge is 0.405 e. The summed E-state index contributed by atoms with van der Waals surface area (Å²) in [4.78, 5) is 66.0. The lowest BCUT2D eigenvalue weighted by Crippen LogP contribution is -2.37. The van der Waals surface area contributed by atoms with E-state index in [1.165, 1.54) is 31.2 Å². The molecular weight excluding hydrogens is 786 g/mol. The summed E-state index contributed by atoms with van der Waals surface area (Å²) in [5.74, 6) is -3.02. The van der Waals surface area contributed by atoms with Gasteiger partial charge in [-0.1, -0.05) is 44.2 Å². The molecule has 1 aromatic rings. The topological polar surface area (TPSA) is 323 Å². The number of aliphatic hydroxyl groups is 4. The van der Waals surface area contributed by atoms with Gasteiger partial charge in [0, 0.05) is 43.9 Å². The largest absolute Gasteiger partial charge is 0.439 e. The zero-order valence-electron chi connectivity index (χ0n) is 34.4. The number of rotatable bonds is 9. The normalized spacial score (nSPS) is 31.6. The Morgan fingerprint density at radius 2 is 1.78 bits per heavy atom. The number of amides is 3. The van der Waals surface area contributed by atoms with Crippen LogP contribution in [0.4, 0.5) is 10.6 Å². The highest BCUT2D eigenvalue weighted by molar-refractivity contribution is 6.23. The standard InChI is InChI=1S/C31H43N3O8.C9H14N4O5/c1-8-12-33-26-21-13-17(2)14-25(41-7)27(36)19(4)15-20(5)29(42-31(32)39)24(40-6)11-9-10-18(3)30(38)34-22(28(21)37)16-23(26)35;10-7-4(8(11)17)12-2-13(7)9-6(16)5(15)3(1-14)18-9/h8-11,15-17,19,24-25,27,29,33,36H,1,12-14H2,2-7H3,(H2,32,39)(H,34,38);2-3,5-6,9,14-16H,1,10H2,(H2,11,17)/b11-9-,18-10+,20-15+;/t17-,19+,24+,25+,27-,29+;3-,5-,6-,9-/m11/s1. The first-order valence-electron chi connectivity index (χ1n) is 19.0. The first kappa shape index (κ1) is 48.9. The van der Waals surface area contributed by atoms with E-state index < -0.39 is 91.0 Å². The lowest BCUT2D eigenvalue weighted by atomic mass is 9.85. The Hall–Kier alpha value is -5.48. The van der Waals surface area contributed by atoms with Crippen molar-refractivity contribution in [3.63, 3.8) is 0 Å². The van der Waals surface area contributed by atoms with Gasteiger partial charge >= 0.3 is 6.09 Å². The highest BCUT2D eigenvalue weighted by Crippen LogP contribution is 2.32. The Balaban J connectivity index is 0.000000440. The summed E-state index contributed by atoms with van der Waals surface area (Å²) >= 11 is 0. The molecule has 1 saturated heterocycles. The van der Waals surface area contributed by atoms with Crippen molar-refractivity contribution in [2.75, 3.05) is 33.1 Å². The monoisotopic (exact) mass is 843 g/mol. The van der Waals surface area contributed by atoms with Crippen LogP contribution in [0.25, 0.3) is 0 Å². The van der Waals surface area contributed by atoms with Gasteiger partial charge in [-0.15, -0.1) is 6.58 Å². The number of methoxy groups -OCH3 is 2. The number of fused-ring (bicyclic) bond motifs is 2. The van der Waals surface area contributed by atoms with Gasteiger partial charge in [-0.3, -0.25) is 23.7 Å². The maximum absolute atomic E-state index is 13.5. The summed E-state index contributed by atoms with van der Waals surface area (Å²) in [6, 6.07) is 0. The van der Waals surface area contributed by atoms with E-state index in [9.17, 15) is 39.3 Å². The van der Waals surface area contributed by atoms with Crippen LogP contribution < -0.4 is 27.8 Å². The number of hydrogen-bond acceptors (Lipinski definition) is 16. The fraction of sp³-hybridized carbons (Fsp3) is 0.500. The molecule has 0 unspecified atom stereocenters. The number of allylic oxidation sites excluding steroid dienone is 4. The summed E-state index contributed by atoms with van der Waals surface area (Å²) in [5.41, 5.74) is 17.0. The maximum Gasteiger partial charge on any atom is 0.405 e. The molecule has 2 aliphatic heterocycles. The van der Waals surface area contributed by atoms with Crippen molar-refractivity contribution in [1.29, 1.82) is 0 Å². The van der Waals surface area contributed by atoms with E-state index in [4.69, 9.17) is 41.3 Å². The molecule has 60 heavy (non-hydrogen) atoms. The molecule has 0 saturated carbocycles. The second kappa shape index (κ2) is 22.2. The highest BCUT2D eigenvalue weighted by Gasteiger charge is 2.44. The van der Waals surface area contributed by atoms with Crippen molar-refractivity contribution in [2.24, 2.45) is 23.3 Å². The van der Waals surface area contributed by atoms with Gasteiger partial charge < -0.3 is 67.2 Å². The van der Waals surface area contributed by atoms with Gasteiger partial charge in [0.15, 0.2) is 18.0 Å². The van der Waals surface area contributed by atoms with Crippen LogP contribution in [-0.2, 0) is 33.3 Å². The van der Waals surface area contributed by atoms with Crippen molar-refractivity contribution in [3.05, 3.63) is 83.2 Å². The number of carbonyl (C=O) groups is 5. The van der Waals surface area contributed by atoms with E-state index in [0.29, 0.717) is 12.0 Å². The second-order valence-corrected chi connectivity index (χ2v) is 14.6. The van der Waals surface area contributed by atoms with E-state index in [2.05, 4.69) is 22.2 Å². The number of ether oxygens (including phenoxy) is 4. The first-order valence-corrected chi connectivity index (χ1v) is 19.0. The number of anilines is 1. The third kappa shape index (κ3) is 12.1. The van der Waals surface area contributed by atoms with E-state index in [1.54, 1.807) is 45.1 Å². The summed E-state index contributed by atoms with van der Waals surface area (Å²) in [6.45, 7) is 10.4. The van der Waals surface area contributed by atoms with Crippen LogP contribution in [0.2, 0.25) is 0 Å². The Bertz CT molecular complexity index is 1920. The number of carbonyl (C=O) groups excluding carboxylic acids is 5. The lowest BCUT2D eigenvalue weighted by Gasteiger charge is -2.30. The Morgan fingerprint density at radius 3 is 2.33 bits per heavy atom.